The van der Waals surface area contributed by atoms with Gasteiger partial charge in [0, 0.05) is 32.3 Å². The molecule has 4 rings (SSSR count). The fourth-order valence-corrected chi connectivity index (χ4v) is 4.66. The molecule has 6 nitrogen and oxygen atoms in total. The smallest absolute Gasteiger partial charge is 0.122 e. The van der Waals surface area contributed by atoms with Crippen LogP contribution in [-0.2, 0) is 13.1 Å². The van der Waals surface area contributed by atoms with Gasteiger partial charge in [0.1, 0.15) is 18.1 Å². The van der Waals surface area contributed by atoms with E-state index < -0.39 is 5.60 Å². The van der Waals surface area contributed by atoms with Crippen molar-refractivity contribution in [2.75, 3.05) is 26.3 Å². The molecule has 35 heavy (non-hydrogen) atoms. The van der Waals surface area contributed by atoms with Crippen molar-refractivity contribution in [3.63, 3.8) is 0 Å². The molecule has 1 aliphatic rings. The second-order valence-corrected chi connectivity index (χ2v) is 9.98. The molecule has 1 N–H and O–H groups in total. The highest BCUT2D eigenvalue weighted by atomic mass is 16.5. The maximum absolute atomic E-state index is 11.2. The maximum Gasteiger partial charge on any atom is 0.122 e. The summed E-state index contributed by atoms with van der Waals surface area (Å²) in [5.74, 6) is 1.77. The molecule has 0 bridgehead atoms. The molecule has 0 aliphatic carbocycles. The zero-order chi connectivity index (χ0) is 24.7. The van der Waals surface area contributed by atoms with E-state index in [2.05, 4.69) is 60.2 Å². The van der Waals surface area contributed by atoms with Gasteiger partial charge in [-0.05, 0) is 82.0 Å². The predicted octanol–water partition coefficient (Wildman–Crippen LogP) is 5.07. The minimum Gasteiger partial charge on any atom is -0.494 e. The van der Waals surface area contributed by atoms with Crippen molar-refractivity contribution in [2.24, 2.45) is 0 Å². The Bertz CT molecular complexity index is 1080. The quantitative estimate of drug-likeness (QED) is 0.413. The normalized spacial score (nSPS) is 18.9. The molecule has 1 atom stereocenters. The zero-order valence-corrected chi connectivity index (χ0v) is 21.4. The van der Waals surface area contributed by atoms with Gasteiger partial charge in [-0.2, -0.15) is 5.10 Å². The highest BCUT2D eigenvalue weighted by Crippen LogP contribution is 2.27. The maximum atomic E-state index is 11.2. The number of nitrogens with zero attached hydrogens (tertiary/aromatic N) is 3. The first-order valence-electron chi connectivity index (χ1n) is 12.8. The third-order valence-corrected chi connectivity index (χ3v) is 6.74. The second kappa shape index (κ2) is 11.7. The van der Waals surface area contributed by atoms with Crippen LogP contribution in [0, 0.1) is 20.8 Å². The van der Waals surface area contributed by atoms with E-state index in [0.29, 0.717) is 13.2 Å². The SMILES string of the molecule is Cc1ccc(OC[C@@]2(O)CCCN(Cc3ccc(OCCCn4ccc(C)n4)cc3)CC2)c(C)c1. The van der Waals surface area contributed by atoms with Gasteiger partial charge in [-0.3, -0.25) is 9.58 Å². The molecule has 2 heterocycles. The van der Waals surface area contributed by atoms with Crippen LogP contribution in [0.15, 0.2) is 54.7 Å². The zero-order valence-electron chi connectivity index (χ0n) is 21.4. The molecule has 0 saturated carbocycles. The van der Waals surface area contributed by atoms with E-state index in [0.717, 1.165) is 74.6 Å². The lowest BCUT2D eigenvalue weighted by Gasteiger charge is -2.27. The molecule has 1 aliphatic heterocycles. The van der Waals surface area contributed by atoms with Crippen molar-refractivity contribution < 1.29 is 14.6 Å². The minimum atomic E-state index is -0.779. The molecule has 0 spiro atoms. The second-order valence-electron chi connectivity index (χ2n) is 9.98. The van der Waals surface area contributed by atoms with Crippen LogP contribution in [-0.4, -0.2) is 51.7 Å². The lowest BCUT2D eigenvalue weighted by atomic mass is 9.96. The van der Waals surface area contributed by atoms with Gasteiger partial charge in [-0.25, -0.2) is 0 Å². The number of benzene rings is 2. The molecule has 1 saturated heterocycles. The topological polar surface area (TPSA) is 59.8 Å². The van der Waals surface area contributed by atoms with Crippen molar-refractivity contribution >= 4 is 0 Å². The van der Waals surface area contributed by atoms with Crippen LogP contribution in [0.1, 0.15) is 48.1 Å². The van der Waals surface area contributed by atoms with Crippen molar-refractivity contribution in [1.82, 2.24) is 14.7 Å². The van der Waals surface area contributed by atoms with E-state index in [1.165, 1.54) is 11.1 Å². The van der Waals surface area contributed by atoms with Gasteiger partial charge in [-0.1, -0.05) is 29.8 Å². The average Bonchev–Trinajstić information content (AvgIpc) is 3.16. The van der Waals surface area contributed by atoms with Crippen LogP contribution in [0.25, 0.3) is 0 Å². The molecule has 1 fully saturated rings. The van der Waals surface area contributed by atoms with E-state index in [9.17, 15) is 5.11 Å². The average molecular weight is 478 g/mol. The Hall–Kier alpha value is -2.83. The molecule has 1 aromatic heterocycles. The van der Waals surface area contributed by atoms with Crippen LogP contribution in [0.2, 0.25) is 0 Å². The van der Waals surface area contributed by atoms with Gasteiger partial charge in [-0.15, -0.1) is 0 Å². The largest absolute Gasteiger partial charge is 0.494 e. The van der Waals surface area contributed by atoms with Crippen LogP contribution in [0.4, 0.5) is 0 Å². The van der Waals surface area contributed by atoms with E-state index >= 15 is 0 Å². The molecule has 2 aromatic carbocycles. The van der Waals surface area contributed by atoms with E-state index in [-0.39, 0.29) is 0 Å². The van der Waals surface area contributed by atoms with Gasteiger partial charge < -0.3 is 14.6 Å². The third kappa shape index (κ3) is 7.58. The van der Waals surface area contributed by atoms with Crippen LogP contribution >= 0.6 is 0 Å². The highest BCUT2D eigenvalue weighted by Gasteiger charge is 2.31. The first-order valence-corrected chi connectivity index (χ1v) is 12.8. The van der Waals surface area contributed by atoms with Crippen molar-refractivity contribution in [3.05, 3.63) is 77.1 Å². The highest BCUT2D eigenvalue weighted by molar-refractivity contribution is 5.35. The van der Waals surface area contributed by atoms with Gasteiger partial charge >= 0.3 is 0 Å². The summed E-state index contributed by atoms with van der Waals surface area (Å²) in [7, 11) is 0. The van der Waals surface area contributed by atoms with Crippen molar-refractivity contribution in [2.45, 2.75) is 65.1 Å². The number of hydrogen-bond donors (Lipinski definition) is 1. The number of hydrogen-bond acceptors (Lipinski definition) is 5. The van der Waals surface area contributed by atoms with Crippen molar-refractivity contribution in [3.8, 4) is 11.5 Å². The Morgan fingerprint density at radius 3 is 2.54 bits per heavy atom. The number of likely N-dealkylation sites (tertiary alicyclic amines) is 1. The van der Waals surface area contributed by atoms with Crippen LogP contribution in [0.3, 0.4) is 0 Å². The summed E-state index contributed by atoms with van der Waals surface area (Å²) in [4.78, 5) is 2.43. The van der Waals surface area contributed by atoms with E-state index in [1.54, 1.807) is 0 Å². The molecule has 0 radical (unpaired) electrons. The Kier molecular flexibility index (Phi) is 8.47. The molecule has 3 aromatic rings. The van der Waals surface area contributed by atoms with Crippen molar-refractivity contribution in [1.29, 1.82) is 0 Å². The summed E-state index contributed by atoms with van der Waals surface area (Å²) in [6, 6.07) is 16.6. The summed E-state index contributed by atoms with van der Waals surface area (Å²) >= 11 is 0. The van der Waals surface area contributed by atoms with Crippen LogP contribution in [0.5, 0.6) is 11.5 Å². The lowest BCUT2D eigenvalue weighted by molar-refractivity contribution is -0.0170. The first-order chi connectivity index (χ1) is 16.9. The first kappa shape index (κ1) is 25.3. The Labute approximate surface area is 209 Å². The molecule has 6 heteroatoms. The summed E-state index contributed by atoms with van der Waals surface area (Å²) in [5.41, 5.74) is 3.86. The van der Waals surface area contributed by atoms with Gasteiger partial charge in [0.2, 0.25) is 0 Å². The number of ether oxygens (including phenoxy) is 2. The van der Waals surface area contributed by atoms with Gasteiger partial charge in [0.15, 0.2) is 0 Å². The predicted molar refractivity (Wildman–Crippen MR) is 139 cm³/mol. The summed E-state index contributed by atoms with van der Waals surface area (Å²) in [6.07, 6.45) is 5.37. The minimum absolute atomic E-state index is 0.344. The van der Waals surface area contributed by atoms with Crippen LogP contribution < -0.4 is 9.47 Å². The molecule has 0 amide bonds. The molecular weight excluding hydrogens is 438 g/mol. The third-order valence-electron chi connectivity index (χ3n) is 6.74. The molecule has 0 unspecified atom stereocenters. The number of rotatable bonds is 10. The number of aliphatic hydroxyl groups is 1. The Morgan fingerprint density at radius 1 is 0.971 bits per heavy atom. The monoisotopic (exact) mass is 477 g/mol. The standard InChI is InChI=1S/C29H39N3O3/c1-23-6-11-28(24(2)20-23)35-22-29(33)13-4-15-31(18-14-29)21-26-7-9-27(10-8-26)34-19-5-16-32-17-12-25(3)30-32/h6-12,17,20,33H,4-5,13-16,18-19,21-22H2,1-3H3/t29-/m1/s1. The molecule has 188 valence electrons. The van der Waals surface area contributed by atoms with E-state index in [4.69, 9.17) is 9.47 Å². The summed E-state index contributed by atoms with van der Waals surface area (Å²) < 4.78 is 13.9. The fourth-order valence-electron chi connectivity index (χ4n) is 4.66. The van der Waals surface area contributed by atoms with Gasteiger partial charge in [0.25, 0.3) is 0 Å². The lowest BCUT2D eigenvalue weighted by Crippen LogP contribution is -2.37. The summed E-state index contributed by atoms with van der Waals surface area (Å²) in [6.45, 7) is 10.7. The summed E-state index contributed by atoms with van der Waals surface area (Å²) in [5, 5.41) is 15.6. The van der Waals surface area contributed by atoms with E-state index in [1.807, 2.05) is 29.9 Å². The molecular formula is C29H39N3O3. The fraction of sp³-hybridized carbons (Fsp3) is 0.483. The number of aromatic nitrogens is 2. The Morgan fingerprint density at radius 2 is 1.80 bits per heavy atom. The number of aryl methyl sites for hydroxylation is 4. The van der Waals surface area contributed by atoms with Gasteiger partial charge in [0.05, 0.1) is 17.9 Å². The Balaban J connectivity index is 1.20.